The van der Waals surface area contributed by atoms with E-state index >= 15 is 0 Å². The SMILES string of the molecule is Cc1ccccc1OCC(=O)NCc1ccc(S(=O)(=O)N(C)C(C)C)cc1. The lowest BCUT2D eigenvalue weighted by atomic mass is 10.2. The van der Waals surface area contributed by atoms with Gasteiger partial charge in [-0.25, -0.2) is 8.42 Å². The van der Waals surface area contributed by atoms with Gasteiger partial charge in [-0.05, 0) is 50.1 Å². The Morgan fingerprint density at radius 1 is 1.11 bits per heavy atom. The van der Waals surface area contributed by atoms with Crippen molar-refractivity contribution >= 4 is 15.9 Å². The van der Waals surface area contributed by atoms with Crippen LogP contribution in [0.25, 0.3) is 0 Å². The summed E-state index contributed by atoms with van der Waals surface area (Å²) in [6.07, 6.45) is 0. The van der Waals surface area contributed by atoms with E-state index in [2.05, 4.69) is 5.32 Å². The van der Waals surface area contributed by atoms with E-state index in [1.54, 1.807) is 31.3 Å². The Labute approximate surface area is 161 Å². The van der Waals surface area contributed by atoms with E-state index < -0.39 is 10.0 Å². The van der Waals surface area contributed by atoms with Crippen LogP contribution in [-0.2, 0) is 21.4 Å². The Balaban J connectivity index is 1.89. The predicted octanol–water partition coefficient (Wildman–Crippen LogP) is 2.72. The number of hydrogen-bond acceptors (Lipinski definition) is 4. The van der Waals surface area contributed by atoms with Crippen molar-refractivity contribution in [2.75, 3.05) is 13.7 Å². The molecule has 1 N–H and O–H groups in total. The van der Waals surface area contributed by atoms with E-state index in [-0.39, 0.29) is 23.5 Å². The summed E-state index contributed by atoms with van der Waals surface area (Å²) in [6, 6.07) is 13.9. The van der Waals surface area contributed by atoms with E-state index in [4.69, 9.17) is 4.74 Å². The molecule has 0 saturated carbocycles. The minimum atomic E-state index is -3.50. The Kier molecular flexibility index (Phi) is 6.98. The van der Waals surface area contributed by atoms with E-state index in [1.807, 2.05) is 45.0 Å². The monoisotopic (exact) mass is 390 g/mol. The molecular formula is C20H26N2O4S. The van der Waals surface area contributed by atoms with Crippen molar-refractivity contribution in [1.82, 2.24) is 9.62 Å². The molecule has 2 aromatic rings. The van der Waals surface area contributed by atoms with Crippen LogP contribution in [0.5, 0.6) is 5.75 Å². The molecule has 0 unspecified atom stereocenters. The number of rotatable bonds is 8. The van der Waals surface area contributed by atoms with Crippen molar-refractivity contribution in [3.8, 4) is 5.75 Å². The second-order valence-corrected chi connectivity index (χ2v) is 8.59. The normalized spacial score (nSPS) is 11.6. The molecule has 0 heterocycles. The van der Waals surface area contributed by atoms with Crippen molar-refractivity contribution in [2.45, 2.75) is 38.3 Å². The first kappa shape index (κ1) is 20.9. The van der Waals surface area contributed by atoms with Crippen LogP contribution < -0.4 is 10.1 Å². The van der Waals surface area contributed by atoms with Gasteiger partial charge in [0, 0.05) is 19.6 Å². The highest BCUT2D eigenvalue weighted by molar-refractivity contribution is 7.89. The molecule has 27 heavy (non-hydrogen) atoms. The number of aryl methyl sites for hydroxylation is 1. The summed E-state index contributed by atoms with van der Waals surface area (Å²) in [5, 5.41) is 2.76. The smallest absolute Gasteiger partial charge is 0.258 e. The third-order valence-corrected chi connectivity index (χ3v) is 6.32. The quantitative estimate of drug-likeness (QED) is 0.752. The molecule has 0 aliphatic heterocycles. The fourth-order valence-corrected chi connectivity index (χ4v) is 3.70. The molecule has 0 fully saturated rings. The van der Waals surface area contributed by atoms with Crippen LogP contribution in [-0.4, -0.2) is 38.3 Å². The average molecular weight is 391 g/mol. The zero-order valence-electron chi connectivity index (χ0n) is 16.1. The van der Waals surface area contributed by atoms with Crippen LogP contribution >= 0.6 is 0 Å². The van der Waals surface area contributed by atoms with Gasteiger partial charge in [0.15, 0.2) is 6.61 Å². The zero-order valence-corrected chi connectivity index (χ0v) is 16.9. The van der Waals surface area contributed by atoms with E-state index in [9.17, 15) is 13.2 Å². The highest BCUT2D eigenvalue weighted by atomic mass is 32.2. The maximum atomic E-state index is 12.4. The highest BCUT2D eigenvalue weighted by Gasteiger charge is 2.22. The molecule has 2 rings (SSSR count). The van der Waals surface area contributed by atoms with Gasteiger partial charge in [-0.15, -0.1) is 0 Å². The zero-order chi connectivity index (χ0) is 20.0. The van der Waals surface area contributed by atoms with Crippen LogP contribution in [0.4, 0.5) is 0 Å². The number of amides is 1. The van der Waals surface area contributed by atoms with Gasteiger partial charge in [-0.3, -0.25) is 4.79 Å². The van der Waals surface area contributed by atoms with Crippen molar-refractivity contribution in [2.24, 2.45) is 0 Å². The lowest BCUT2D eigenvalue weighted by Crippen LogP contribution is -2.33. The summed E-state index contributed by atoms with van der Waals surface area (Å²) in [5.41, 5.74) is 1.78. The van der Waals surface area contributed by atoms with Gasteiger partial charge in [0.25, 0.3) is 5.91 Å². The number of ether oxygens (including phenoxy) is 1. The Bertz CT molecular complexity index is 877. The Morgan fingerprint density at radius 3 is 2.33 bits per heavy atom. The first-order valence-corrected chi connectivity index (χ1v) is 10.2. The van der Waals surface area contributed by atoms with Crippen LogP contribution in [0.1, 0.15) is 25.0 Å². The van der Waals surface area contributed by atoms with E-state index in [1.165, 1.54) is 4.31 Å². The molecule has 2 aromatic carbocycles. The second-order valence-electron chi connectivity index (χ2n) is 6.59. The van der Waals surface area contributed by atoms with Crippen molar-refractivity contribution < 1.29 is 17.9 Å². The fourth-order valence-electron chi connectivity index (χ4n) is 2.34. The number of para-hydroxylation sites is 1. The number of carbonyl (C=O) groups is 1. The molecule has 0 aliphatic rings. The van der Waals surface area contributed by atoms with Gasteiger partial charge in [0.1, 0.15) is 5.75 Å². The Morgan fingerprint density at radius 2 is 1.74 bits per heavy atom. The molecule has 0 spiro atoms. The van der Waals surface area contributed by atoms with Gasteiger partial charge in [-0.2, -0.15) is 4.31 Å². The highest BCUT2D eigenvalue weighted by Crippen LogP contribution is 2.17. The van der Waals surface area contributed by atoms with Crippen LogP contribution in [0, 0.1) is 6.92 Å². The van der Waals surface area contributed by atoms with Gasteiger partial charge in [0.2, 0.25) is 10.0 Å². The van der Waals surface area contributed by atoms with E-state index in [0.717, 1.165) is 11.1 Å². The number of hydrogen-bond donors (Lipinski definition) is 1. The molecule has 146 valence electrons. The third kappa shape index (κ3) is 5.55. The van der Waals surface area contributed by atoms with Crippen molar-refractivity contribution in [3.63, 3.8) is 0 Å². The summed E-state index contributed by atoms with van der Waals surface area (Å²) < 4.78 is 31.7. The first-order valence-electron chi connectivity index (χ1n) is 8.74. The van der Waals surface area contributed by atoms with Crippen LogP contribution in [0.3, 0.4) is 0 Å². The third-order valence-electron chi connectivity index (χ3n) is 4.27. The largest absolute Gasteiger partial charge is 0.484 e. The molecule has 0 radical (unpaired) electrons. The summed E-state index contributed by atoms with van der Waals surface area (Å²) in [5.74, 6) is 0.436. The molecular weight excluding hydrogens is 364 g/mol. The van der Waals surface area contributed by atoms with E-state index in [0.29, 0.717) is 12.3 Å². The fraction of sp³-hybridized carbons (Fsp3) is 0.350. The lowest BCUT2D eigenvalue weighted by Gasteiger charge is -2.21. The number of sulfonamides is 1. The molecule has 7 heteroatoms. The molecule has 0 aromatic heterocycles. The predicted molar refractivity (Wildman–Crippen MR) is 105 cm³/mol. The standard InChI is InChI=1S/C20H26N2O4S/c1-15(2)22(4)27(24,25)18-11-9-17(10-12-18)13-21-20(23)14-26-19-8-6-5-7-16(19)3/h5-12,15H,13-14H2,1-4H3,(H,21,23). The maximum Gasteiger partial charge on any atom is 0.258 e. The van der Waals surface area contributed by atoms with Crippen LogP contribution in [0.2, 0.25) is 0 Å². The number of benzene rings is 2. The van der Waals surface area contributed by atoms with Crippen molar-refractivity contribution in [1.29, 1.82) is 0 Å². The van der Waals surface area contributed by atoms with Gasteiger partial charge in [-0.1, -0.05) is 30.3 Å². The van der Waals surface area contributed by atoms with Crippen molar-refractivity contribution in [3.05, 3.63) is 59.7 Å². The molecule has 1 amide bonds. The number of nitrogens with zero attached hydrogens (tertiary/aromatic N) is 1. The van der Waals surface area contributed by atoms with Gasteiger partial charge in [0.05, 0.1) is 4.90 Å². The molecule has 0 aliphatic carbocycles. The summed E-state index contributed by atoms with van der Waals surface area (Å²) >= 11 is 0. The number of nitrogens with one attached hydrogen (secondary N) is 1. The minimum Gasteiger partial charge on any atom is -0.484 e. The second kappa shape index (κ2) is 9.01. The van der Waals surface area contributed by atoms with Gasteiger partial charge < -0.3 is 10.1 Å². The molecule has 6 nitrogen and oxygen atoms in total. The van der Waals surface area contributed by atoms with Gasteiger partial charge >= 0.3 is 0 Å². The summed E-state index contributed by atoms with van der Waals surface area (Å²) in [6.45, 7) is 5.79. The molecule has 0 bridgehead atoms. The average Bonchev–Trinajstić information content (AvgIpc) is 2.65. The van der Waals surface area contributed by atoms with Crippen LogP contribution in [0.15, 0.2) is 53.4 Å². The first-order chi connectivity index (χ1) is 12.7. The minimum absolute atomic E-state index is 0.0729. The lowest BCUT2D eigenvalue weighted by molar-refractivity contribution is -0.123. The molecule has 0 saturated heterocycles. The summed E-state index contributed by atoms with van der Waals surface area (Å²) in [4.78, 5) is 12.2. The summed E-state index contributed by atoms with van der Waals surface area (Å²) in [7, 11) is -1.95. The number of carbonyl (C=O) groups excluding carboxylic acids is 1. The Hall–Kier alpha value is -2.38. The topological polar surface area (TPSA) is 75.7 Å². The maximum absolute atomic E-state index is 12.4. The molecule has 0 atom stereocenters.